The van der Waals surface area contributed by atoms with E-state index in [4.69, 9.17) is 0 Å². The van der Waals surface area contributed by atoms with E-state index >= 15 is 0 Å². The molecular weight excluding hydrogens is 248 g/mol. The lowest BCUT2D eigenvalue weighted by molar-refractivity contribution is -0.147. The number of piperidine rings is 1. The van der Waals surface area contributed by atoms with Gasteiger partial charge < -0.3 is 20.0 Å². The molecule has 108 valence electrons. The first-order valence-corrected chi connectivity index (χ1v) is 6.84. The summed E-state index contributed by atoms with van der Waals surface area (Å²) < 4.78 is 0. The molecule has 0 bridgehead atoms. The third-order valence-electron chi connectivity index (χ3n) is 4.46. The number of likely N-dealkylation sites (tertiary alicyclic amines) is 2. The van der Waals surface area contributed by atoms with Gasteiger partial charge in [-0.15, -0.1) is 0 Å². The SMILES string of the molecule is CC1CN(C(=O)N2CCCC2(C)C(=O)O)CCC1O. The molecule has 0 aliphatic carbocycles. The van der Waals surface area contributed by atoms with Crippen LogP contribution in [0.3, 0.4) is 0 Å². The zero-order valence-electron chi connectivity index (χ0n) is 11.5. The van der Waals surface area contributed by atoms with Gasteiger partial charge in [0, 0.05) is 19.6 Å². The minimum absolute atomic E-state index is 0.0383. The van der Waals surface area contributed by atoms with Gasteiger partial charge in [0.25, 0.3) is 0 Å². The van der Waals surface area contributed by atoms with Gasteiger partial charge in [0.15, 0.2) is 0 Å². The fourth-order valence-corrected chi connectivity index (χ4v) is 2.97. The topological polar surface area (TPSA) is 81.1 Å². The van der Waals surface area contributed by atoms with Gasteiger partial charge in [-0.1, -0.05) is 6.92 Å². The van der Waals surface area contributed by atoms with E-state index in [-0.39, 0.29) is 18.1 Å². The van der Waals surface area contributed by atoms with Crippen LogP contribution in [0.4, 0.5) is 4.79 Å². The number of carbonyl (C=O) groups is 2. The van der Waals surface area contributed by atoms with Crippen molar-refractivity contribution in [3.05, 3.63) is 0 Å². The number of nitrogens with zero attached hydrogens (tertiary/aromatic N) is 2. The van der Waals surface area contributed by atoms with Crippen LogP contribution in [-0.2, 0) is 4.79 Å². The number of carboxylic acids is 1. The number of rotatable bonds is 1. The minimum Gasteiger partial charge on any atom is -0.480 e. The zero-order valence-corrected chi connectivity index (χ0v) is 11.5. The second-order valence-corrected chi connectivity index (χ2v) is 5.90. The molecule has 0 spiro atoms. The van der Waals surface area contributed by atoms with Gasteiger partial charge >= 0.3 is 12.0 Å². The summed E-state index contributed by atoms with van der Waals surface area (Å²) in [6, 6.07) is -0.207. The van der Waals surface area contributed by atoms with Crippen molar-refractivity contribution < 1.29 is 19.8 Å². The summed E-state index contributed by atoms with van der Waals surface area (Å²) in [7, 11) is 0. The van der Waals surface area contributed by atoms with E-state index in [0.717, 1.165) is 6.42 Å². The smallest absolute Gasteiger partial charge is 0.329 e. The van der Waals surface area contributed by atoms with Crippen molar-refractivity contribution in [2.75, 3.05) is 19.6 Å². The number of amides is 2. The zero-order chi connectivity index (χ0) is 14.2. The third-order valence-corrected chi connectivity index (χ3v) is 4.46. The van der Waals surface area contributed by atoms with Crippen molar-refractivity contribution >= 4 is 12.0 Å². The lowest BCUT2D eigenvalue weighted by atomic mass is 9.96. The molecule has 3 atom stereocenters. The highest BCUT2D eigenvalue weighted by atomic mass is 16.4. The van der Waals surface area contributed by atoms with E-state index in [9.17, 15) is 19.8 Å². The first kappa shape index (κ1) is 14.1. The summed E-state index contributed by atoms with van der Waals surface area (Å²) in [5.41, 5.74) is -1.09. The number of carbonyl (C=O) groups excluding carboxylic acids is 1. The average molecular weight is 270 g/mol. The summed E-state index contributed by atoms with van der Waals surface area (Å²) >= 11 is 0. The molecule has 3 unspecified atom stereocenters. The van der Waals surface area contributed by atoms with Gasteiger partial charge in [0.2, 0.25) is 0 Å². The van der Waals surface area contributed by atoms with Crippen LogP contribution >= 0.6 is 0 Å². The van der Waals surface area contributed by atoms with Gasteiger partial charge in [0.1, 0.15) is 5.54 Å². The molecule has 19 heavy (non-hydrogen) atoms. The van der Waals surface area contributed by atoms with Gasteiger partial charge in [-0.3, -0.25) is 0 Å². The maximum atomic E-state index is 12.5. The first-order chi connectivity index (χ1) is 8.86. The van der Waals surface area contributed by atoms with E-state index in [1.165, 1.54) is 4.90 Å². The van der Waals surface area contributed by atoms with Crippen LogP contribution in [0.1, 0.15) is 33.1 Å². The molecule has 2 rings (SSSR count). The fourth-order valence-electron chi connectivity index (χ4n) is 2.97. The molecule has 2 N–H and O–H groups in total. The number of hydrogen-bond donors (Lipinski definition) is 2. The van der Waals surface area contributed by atoms with Crippen molar-refractivity contribution in [1.29, 1.82) is 0 Å². The van der Waals surface area contributed by atoms with E-state index < -0.39 is 11.5 Å². The summed E-state index contributed by atoms with van der Waals surface area (Å²) in [4.78, 5) is 27.0. The van der Waals surface area contributed by atoms with Crippen LogP contribution in [0, 0.1) is 5.92 Å². The molecule has 0 saturated carbocycles. The highest BCUT2D eigenvalue weighted by Gasteiger charge is 2.47. The molecule has 2 saturated heterocycles. The monoisotopic (exact) mass is 270 g/mol. The Hall–Kier alpha value is -1.30. The predicted octanol–water partition coefficient (Wildman–Crippen LogP) is 0.748. The highest BCUT2D eigenvalue weighted by Crippen LogP contribution is 2.31. The van der Waals surface area contributed by atoms with Crippen molar-refractivity contribution in [3.63, 3.8) is 0 Å². The number of aliphatic hydroxyl groups is 1. The van der Waals surface area contributed by atoms with Crippen molar-refractivity contribution in [3.8, 4) is 0 Å². The van der Waals surface area contributed by atoms with Crippen molar-refractivity contribution in [2.45, 2.75) is 44.8 Å². The lowest BCUT2D eigenvalue weighted by Crippen LogP contribution is -2.57. The molecule has 2 heterocycles. The standard InChI is InChI=1S/C13H22N2O4/c1-9-8-14(7-4-10(9)16)12(19)15-6-3-5-13(15,2)11(17)18/h9-10,16H,3-8H2,1-2H3,(H,17,18). The molecular formula is C13H22N2O4. The Balaban J connectivity index is 2.09. The average Bonchev–Trinajstić information content (AvgIpc) is 2.75. The Kier molecular flexibility index (Phi) is 3.71. The summed E-state index contributed by atoms with van der Waals surface area (Å²) in [6.07, 6.45) is 1.42. The highest BCUT2D eigenvalue weighted by molar-refractivity contribution is 5.86. The van der Waals surface area contributed by atoms with Crippen LogP contribution < -0.4 is 0 Å². The molecule has 0 radical (unpaired) electrons. The molecule has 0 aromatic carbocycles. The number of aliphatic hydroxyl groups excluding tert-OH is 1. The summed E-state index contributed by atoms with van der Waals surface area (Å²) in [6.45, 7) is 5.00. The van der Waals surface area contributed by atoms with Crippen LogP contribution in [0.2, 0.25) is 0 Å². The summed E-state index contributed by atoms with van der Waals surface area (Å²) in [5, 5.41) is 19.0. The molecule has 0 aromatic heterocycles. The van der Waals surface area contributed by atoms with Gasteiger partial charge in [-0.2, -0.15) is 0 Å². The molecule has 2 amide bonds. The molecule has 2 aliphatic rings. The van der Waals surface area contributed by atoms with E-state index in [0.29, 0.717) is 32.5 Å². The Labute approximate surface area is 113 Å². The molecule has 6 heteroatoms. The van der Waals surface area contributed by atoms with Crippen LogP contribution in [0.5, 0.6) is 0 Å². The van der Waals surface area contributed by atoms with E-state index in [1.807, 2.05) is 6.92 Å². The number of urea groups is 1. The maximum absolute atomic E-state index is 12.5. The van der Waals surface area contributed by atoms with E-state index in [1.54, 1.807) is 11.8 Å². The number of aliphatic carboxylic acids is 1. The van der Waals surface area contributed by atoms with Gasteiger partial charge in [-0.25, -0.2) is 9.59 Å². The number of carboxylic acid groups (broad SMARTS) is 1. The predicted molar refractivity (Wildman–Crippen MR) is 68.7 cm³/mol. The second kappa shape index (κ2) is 5.00. The summed E-state index contributed by atoms with van der Waals surface area (Å²) in [5.74, 6) is -0.903. The van der Waals surface area contributed by atoms with Gasteiger partial charge in [0.05, 0.1) is 6.10 Å². The lowest BCUT2D eigenvalue weighted by Gasteiger charge is -2.40. The van der Waals surface area contributed by atoms with Gasteiger partial charge in [-0.05, 0) is 32.1 Å². The Morgan fingerprint density at radius 2 is 2.00 bits per heavy atom. The number of hydrogen-bond acceptors (Lipinski definition) is 3. The normalized spacial score (nSPS) is 35.5. The quantitative estimate of drug-likeness (QED) is 0.736. The van der Waals surface area contributed by atoms with Crippen LogP contribution in [-0.4, -0.2) is 63.3 Å². The maximum Gasteiger partial charge on any atom is 0.329 e. The van der Waals surface area contributed by atoms with Crippen LogP contribution in [0.15, 0.2) is 0 Å². The van der Waals surface area contributed by atoms with Crippen molar-refractivity contribution in [2.24, 2.45) is 5.92 Å². The first-order valence-electron chi connectivity index (χ1n) is 6.84. The molecule has 2 fully saturated rings. The minimum atomic E-state index is -1.09. The molecule has 0 aromatic rings. The third kappa shape index (κ3) is 2.41. The Morgan fingerprint density at radius 1 is 1.32 bits per heavy atom. The molecule has 2 aliphatic heterocycles. The van der Waals surface area contributed by atoms with Crippen molar-refractivity contribution in [1.82, 2.24) is 9.80 Å². The van der Waals surface area contributed by atoms with E-state index in [2.05, 4.69) is 0 Å². The largest absolute Gasteiger partial charge is 0.480 e. The molecule has 6 nitrogen and oxygen atoms in total. The second-order valence-electron chi connectivity index (χ2n) is 5.90. The van der Waals surface area contributed by atoms with Crippen LogP contribution in [0.25, 0.3) is 0 Å². The Morgan fingerprint density at radius 3 is 2.58 bits per heavy atom. The Bertz CT molecular complexity index is 387. The fraction of sp³-hybridized carbons (Fsp3) is 0.846.